The molecule has 26 heavy (non-hydrogen) atoms. The molecule has 0 aliphatic heterocycles. The SMILES string of the molecule is CCN(Cc1ccccc1)C(=O)CNC(=O)C1(c2ccc(Cl)cc2)CC1. The van der Waals surface area contributed by atoms with Crippen molar-refractivity contribution in [3.63, 3.8) is 0 Å². The van der Waals surface area contributed by atoms with E-state index in [0.717, 1.165) is 24.0 Å². The van der Waals surface area contributed by atoms with Gasteiger partial charge in [0.25, 0.3) is 0 Å². The van der Waals surface area contributed by atoms with Crippen LogP contribution in [0.4, 0.5) is 0 Å². The summed E-state index contributed by atoms with van der Waals surface area (Å²) in [6, 6.07) is 17.2. The second-order valence-electron chi connectivity index (χ2n) is 6.67. The molecule has 136 valence electrons. The molecule has 1 aliphatic rings. The van der Waals surface area contributed by atoms with Crippen molar-refractivity contribution in [2.75, 3.05) is 13.1 Å². The Bertz CT molecular complexity index is 770. The van der Waals surface area contributed by atoms with Crippen LogP contribution >= 0.6 is 11.6 Å². The highest BCUT2D eigenvalue weighted by atomic mass is 35.5. The Morgan fingerprint density at radius 2 is 1.73 bits per heavy atom. The highest BCUT2D eigenvalue weighted by Crippen LogP contribution is 2.48. The Morgan fingerprint density at radius 3 is 2.31 bits per heavy atom. The molecule has 0 heterocycles. The van der Waals surface area contributed by atoms with E-state index in [2.05, 4.69) is 5.32 Å². The summed E-state index contributed by atoms with van der Waals surface area (Å²) >= 11 is 5.93. The van der Waals surface area contributed by atoms with Gasteiger partial charge in [-0.05, 0) is 43.0 Å². The van der Waals surface area contributed by atoms with E-state index in [0.29, 0.717) is 18.1 Å². The maximum absolute atomic E-state index is 12.7. The van der Waals surface area contributed by atoms with Gasteiger partial charge in [-0.1, -0.05) is 54.1 Å². The monoisotopic (exact) mass is 370 g/mol. The predicted octanol–water partition coefficient (Wildman–Crippen LogP) is 3.54. The lowest BCUT2D eigenvalue weighted by Gasteiger charge is -2.22. The second kappa shape index (κ2) is 7.92. The molecule has 0 bridgehead atoms. The first-order valence-corrected chi connectivity index (χ1v) is 9.29. The van der Waals surface area contributed by atoms with Gasteiger partial charge < -0.3 is 10.2 Å². The number of nitrogens with one attached hydrogen (secondary N) is 1. The number of hydrogen-bond acceptors (Lipinski definition) is 2. The number of carbonyl (C=O) groups excluding carboxylic acids is 2. The van der Waals surface area contributed by atoms with Crippen molar-refractivity contribution in [1.82, 2.24) is 10.2 Å². The van der Waals surface area contributed by atoms with Gasteiger partial charge in [-0.3, -0.25) is 9.59 Å². The molecule has 2 amide bonds. The molecule has 1 fully saturated rings. The minimum atomic E-state index is -0.499. The topological polar surface area (TPSA) is 49.4 Å². The van der Waals surface area contributed by atoms with Crippen LogP contribution in [-0.4, -0.2) is 29.8 Å². The van der Waals surface area contributed by atoms with E-state index in [1.807, 2.05) is 49.4 Å². The number of likely N-dealkylation sites (N-methyl/N-ethyl adjacent to an activating group) is 1. The van der Waals surface area contributed by atoms with Crippen LogP contribution in [0.25, 0.3) is 0 Å². The molecule has 0 aromatic heterocycles. The van der Waals surface area contributed by atoms with Crippen LogP contribution in [-0.2, 0) is 21.5 Å². The third-order valence-corrected chi connectivity index (χ3v) is 5.18. The van der Waals surface area contributed by atoms with Crippen molar-refractivity contribution in [3.05, 3.63) is 70.7 Å². The third-order valence-electron chi connectivity index (χ3n) is 4.93. The smallest absolute Gasteiger partial charge is 0.242 e. The summed E-state index contributed by atoms with van der Waals surface area (Å²) < 4.78 is 0. The van der Waals surface area contributed by atoms with Crippen LogP contribution in [0.3, 0.4) is 0 Å². The Balaban J connectivity index is 1.58. The minimum Gasteiger partial charge on any atom is -0.346 e. The standard InChI is InChI=1S/C21H23ClN2O2/c1-2-24(15-16-6-4-3-5-7-16)19(25)14-23-20(26)21(12-13-21)17-8-10-18(22)11-9-17/h3-11H,2,12-15H2,1H3,(H,23,26). The van der Waals surface area contributed by atoms with E-state index in [1.54, 1.807) is 17.0 Å². The number of hydrogen-bond donors (Lipinski definition) is 1. The van der Waals surface area contributed by atoms with Crippen molar-refractivity contribution in [1.29, 1.82) is 0 Å². The molecule has 1 aliphatic carbocycles. The van der Waals surface area contributed by atoms with E-state index < -0.39 is 5.41 Å². The van der Waals surface area contributed by atoms with E-state index in [1.165, 1.54) is 0 Å². The molecule has 2 aromatic rings. The molecule has 0 atom stereocenters. The number of rotatable bonds is 7. The highest BCUT2D eigenvalue weighted by Gasteiger charge is 2.51. The van der Waals surface area contributed by atoms with Crippen molar-refractivity contribution < 1.29 is 9.59 Å². The maximum atomic E-state index is 12.7. The molecule has 4 nitrogen and oxygen atoms in total. The van der Waals surface area contributed by atoms with Gasteiger partial charge in [0, 0.05) is 18.1 Å². The van der Waals surface area contributed by atoms with Gasteiger partial charge in [0.05, 0.1) is 12.0 Å². The molecule has 3 rings (SSSR count). The molecule has 0 radical (unpaired) electrons. The van der Waals surface area contributed by atoms with Crippen molar-refractivity contribution in [2.24, 2.45) is 0 Å². The Hall–Kier alpha value is -2.33. The van der Waals surface area contributed by atoms with Gasteiger partial charge in [-0.15, -0.1) is 0 Å². The van der Waals surface area contributed by atoms with Crippen LogP contribution in [0.2, 0.25) is 5.02 Å². The van der Waals surface area contributed by atoms with E-state index >= 15 is 0 Å². The highest BCUT2D eigenvalue weighted by molar-refractivity contribution is 6.30. The van der Waals surface area contributed by atoms with Crippen molar-refractivity contribution in [3.8, 4) is 0 Å². The fraction of sp³-hybridized carbons (Fsp3) is 0.333. The van der Waals surface area contributed by atoms with Gasteiger partial charge in [0.2, 0.25) is 11.8 Å². The van der Waals surface area contributed by atoms with Gasteiger partial charge in [-0.25, -0.2) is 0 Å². The summed E-state index contributed by atoms with van der Waals surface area (Å²) in [5, 5.41) is 3.49. The normalized spacial score (nSPS) is 14.5. The zero-order valence-corrected chi connectivity index (χ0v) is 15.6. The predicted molar refractivity (Wildman–Crippen MR) is 103 cm³/mol. The number of halogens is 1. The van der Waals surface area contributed by atoms with Crippen LogP contribution in [0.15, 0.2) is 54.6 Å². The Labute approximate surface area is 159 Å². The Morgan fingerprint density at radius 1 is 1.08 bits per heavy atom. The summed E-state index contributed by atoms with van der Waals surface area (Å²) in [5.41, 5.74) is 1.54. The first-order chi connectivity index (χ1) is 12.5. The maximum Gasteiger partial charge on any atom is 0.242 e. The summed E-state index contributed by atoms with van der Waals surface area (Å²) in [6.07, 6.45) is 1.60. The molecular formula is C21H23ClN2O2. The minimum absolute atomic E-state index is 0.0227. The summed E-state index contributed by atoms with van der Waals surface area (Å²) in [4.78, 5) is 26.9. The zero-order valence-electron chi connectivity index (χ0n) is 14.9. The first kappa shape index (κ1) is 18.5. The van der Waals surface area contributed by atoms with E-state index in [9.17, 15) is 9.59 Å². The Kier molecular flexibility index (Phi) is 5.62. The molecule has 0 saturated heterocycles. The fourth-order valence-corrected chi connectivity index (χ4v) is 3.28. The van der Waals surface area contributed by atoms with Crippen LogP contribution in [0.1, 0.15) is 30.9 Å². The molecule has 0 unspecified atom stereocenters. The number of amides is 2. The lowest BCUT2D eigenvalue weighted by atomic mass is 9.95. The number of nitrogens with zero attached hydrogens (tertiary/aromatic N) is 1. The zero-order chi connectivity index (χ0) is 18.6. The second-order valence-corrected chi connectivity index (χ2v) is 7.10. The average Bonchev–Trinajstić information content (AvgIpc) is 3.47. The van der Waals surface area contributed by atoms with Gasteiger partial charge in [0.1, 0.15) is 0 Å². The average molecular weight is 371 g/mol. The lowest BCUT2D eigenvalue weighted by molar-refractivity contribution is -0.133. The van der Waals surface area contributed by atoms with Gasteiger partial charge >= 0.3 is 0 Å². The van der Waals surface area contributed by atoms with E-state index in [-0.39, 0.29) is 18.4 Å². The molecule has 1 saturated carbocycles. The van der Waals surface area contributed by atoms with Gasteiger partial charge in [0.15, 0.2) is 0 Å². The lowest BCUT2D eigenvalue weighted by Crippen LogP contribution is -2.43. The molecule has 1 N–H and O–H groups in total. The van der Waals surface area contributed by atoms with Crippen LogP contribution in [0.5, 0.6) is 0 Å². The van der Waals surface area contributed by atoms with E-state index in [4.69, 9.17) is 11.6 Å². The summed E-state index contributed by atoms with van der Waals surface area (Å²) in [5.74, 6) is -0.152. The molecule has 0 spiro atoms. The molecule has 5 heteroatoms. The van der Waals surface area contributed by atoms with Gasteiger partial charge in [-0.2, -0.15) is 0 Å². The molecule has 2 aromatic carbocycles. The summed E-state index contributed by atoms with van der Waals surface area (Å²) in [7, 11) is 0. The third kappa shape index (κ3) is 4.07. The fourth-order valence-electron chi connectivity index (χ4n) is 3.16. The quantitative estimate of drug-likeness (QED) is 0.810. The number of carbonyl (C=O) groups is 2. The van der Waals surface area contributed by atoms with Crippen molar-refractivity contribution >= 4 is 23.4 Å². The van der Waals surface area contributed by atoms with Crippen LogP contribution in [0, 0.1) is 0 Å². The molecular weight excluding hydrogens is 348 g/mol. The summed E-state index contributed by atoms with van der Waals surface area (Å²) in [6.45, 7) is 3.12. The largest absolute Gasteiger partial charge is 0.346 e. The first-order valence-electron chi connectivity index (χ1n) is 8.91. The number of benzene rings is 2. The van der Waals surface area contributed by atoms with Crippen LogP contribution < -0.4 is 5.32 Å². The van der Waals surface area contributed by atoms with Crippen molar-refractivity contribution in [2.45, 2.75) is 31.7 Å².